The van der Waals surface area contributed by atoms with Gasteiger partial charge in [0.15, 0.2) is 11.6 Å². The summed E-state index contributed by atoms with van der Waals surface area (Å²) in [6, 6.07) is 12.9. The molecule has 1 saturated carbocycles. The molecule has 1 aliphatic rings. The van der Waals surface area contributed by atoms with Crippen LogP contribution in [0.2, 0.25) is 0 Å². The fourth-order valence-corrected chi connectivity index (χ4v) is 4.43. The van der Waals surface area contributed by atoms with Crippen molar-refractivity contribution in [3.8, 4) is 34.3 Å². The number of aromatic amines is 2. The average molecular weight is 490 g/mol. The SMILES string of the molecule is Cc1ccc(-c2noc(=O)[nH]2)cc1Oc1nc2c(F)c(-c3ccc(C4(O)CCC4)cc3)c(F)cc2[nH]1. The second-order valence-corrected chi connectivity index (χ2v) is 8.97. The molecule has 0 saturated heterocycles. The minimum Gasteiger partial charge on any atom is -0.425 e. The second kappa shape index (κ2) is 8.13. The molecule has 0 amide bonds. The second-order valence-electron chi connectivity index (χ2n) is 8.97. The summed E-state index contributed by atoms with van der Waals surface area (Å²) in [5, 5.41) is 14.2. The van der Waals surface area contributed by atoms with Gasteiger partial charge >= 0.3 is 5.76 Å². The van der Waals surface area contributed by atoms with Crippen molar-refractivity contribution in [3.63, 3.8) is 0 Å². The number of H-pyrrole nitrogens is 2. The van der Waals surface area contributed by atoms with Crippen molar-refractivity contribution in [2.24, 2.45) is 0 Å². The van der Waals surface area contributed by atoms with E-state index in [1.807, 2.05) is 0 Å². The number of aryl methyl sites for hydroxylation is 1. The zero-order chi connectivity index (χ0) is 25.0. The number of nitrogens with one attached hydrogen (secondary N) is 2. The number of nitrogens with zero attached hydrogens (tertiary/aromatic N) is 2. The first-order chi connectivity index (χ1) is 17.3. The van der Waals surface area contributed by atoms with Crippen LogP contribution in [0.1, 0.15) is 30.4 Å². The molecule has 1 fully saturated rings. The largest absolute Gasteiger partial charge is 0.439 e. The molecule has 182 valence electrons. The van der Waals surface area contributed by atoms with Crippen LogP contribution in [0.5, 0.6) is 11.8 Å². The molecule has 0 spiro atoms. The molecule has 0 unspecified atom stereocenters. The topological polar surface area (TPSA) is 117 Å². The molecule has 2 heterocycles. The van der Waals surface area contributed by atoms with Gasteiger partial charge in [-0.05, 0) is 48.9 Å². The predicted octanol–water partition coefficient (Wildman–Crippen LogP) is 5.32. The van der Waals surface area contributed by atoms with Crippen molar-refractivity contribution >= 4 is 11.0 Å². The molecule has 1 aliphatic carbocycles. The summed E-state index contributed by atoms with van der Waals surface area (Å²) >= 11 is 0. The highest BCUT2D eigenvalue weighted by atomic mass is 19.1. The van der Waals surface area contributed by atoms with Crippen molar-refractivity contribution in [2.75, 3.05) is 0 Å². The van der Waals surface area contributed by atoms with E-state index in [0.29, 0.717) is 29.7 Å². The fourth-order valence-electron chi connectivity index (χ4n) is 4.43. The highest BCUT2D eigenvalue weighted by molar-refractivity contribution is 5.84. The molecule has 5 aromatic rings. The number of fused-ring (bicyclic) bond motifs is 1. The smallest absolute Gasteiger partial charge is 0.425 e. The third kappa shape index (κ3) is 3.66. The predicted molar refractivity (Wildman–Crippen MR) is 127 cm³/mol. The van der Waals surface area contributed by atoms with Crippen LogP contribution >= 0.6 is 0 Å². The van der Waals surface area contributed by atoms with Gasteiger partial charge in [-0.1, -0.05) is 41.6 Å². The minimum atomic E-state index is -0.855. The molecule has 10 heteroatoms. The van der Waals surface area contributed by atoms with Gasteiger partial charge in [-0.25, -0.2) is 13.6 Å². The Kier molecular flexibility index (Phi) is 5.01. The van der Waals surface area contributed by atoms with Crippen LogP contribution in [0.3, 0.4) is 0 Å². The molecular weight excluding hydrogens is 470 g/mol. The zero-order valence-corrected chi connectivity index (χ0v) is 19.1. The summed E-state index contributed by atoms with van der Waals surface area (Å²) in [6.45, 7) is 1.80. The fraction of sp³-hybridized carbons (Fsp3) is 0.192. The van der Waals surface area contributed by atoms with Crippen molar-refractivity contribution in [2.45, 2.75) is 31.8 Å². The molecule has 0 bridgehead atoms. The Morgan fingerprint density at radius 2 is 1.81 bits per heavy atom. The Morgan fingerprint density at radius 1 is 1.06 bits per heavy atom. The average Bonchev–Trinajstić information content (AvgIpc) is 3.45. The van der Waals surface area contributed by atoms with Gasteiger partial charge in [-0.15, -0.1) is 0 Å². The standard InChI is InChI=1S/C26H20F2N4O4/c1-13-3-4-15(23-31-25(33)36-32-23)11-19(13)35-24-29-18-12-17(27)20(21(28)22(18)30-24)14-5-7-16(8-6-14)26(34)9-2-10-26/h3-8,11-12,34H,2,9-10H2,1H3,(H,29,30)(H,31,32,33). The lowest BCUT2D eigenvalue weighted by Gasteiger charge is -2.37. The Morgan fingerprint density at radius 3 is 2.47 bits per heavy atom. The van der Waals surface area contributed by atoms with Crippen molar-refractivity contribution in [1.82, 2.24) is 20.1 Å². The Labute approximate surface area is 202 Å². The normalized spacial score (nSPS) is 14.7. The Bertz CT molecular complexity index is 1670. The van der Waals surface area contributed by atoms with E-state index in [1.165, 1.54) is 6.07 Å². The summed E-state index contributed by atoms with van der Waals surface area (Å²) < 4.78 is 40.8. The third-order valence-electron chi connectivity index (χ3n) is 6.65. The molecule has 2 aromatic heterocycles. The minimum absolute atomic E-state index is 0.0306. The molecule has 0 aliphatic heterocycles. The van der Waals surface area contributed by atoms with Crippen LogP contribution in [-0.4, -0.2) is 25.2 Å². The van der Waals surface area contributed by atoms with Gasteiger partial charge in [-0.3, -0.25) is 9.51 Å². The summed E-state index contributed by atoms with van der Waals surface area (Å²) in [7, 11) is 0. The van der Waals surface area contributed by atoms with Crippen molar-refractivity contribution in [1.29, 1.82) is 0 Å². The molecule has 3 aromatic carbocycles. The maximum Gasteiger partial charge on any atom is 0.439 e. The van der Waals surface area contributed by atoms with Crippen LogP contribution in [0, 0.1) is 18.6 Å². The quantitative estimate of drug-likeness (QED) is 0.307. The molecule has 6 rings (SSSR count). The van der Waals surface area contributed by atoms with Crippen molar-refractivity contribution < 1.29 is 23.1 Å². The third-order valence-corrected chi connectivity index (χ3v) is 6.65. The van der Waals surface area contributed by atoms with Gasteiger partial charge in [0.25, 0.3) is 6.01 Å². The Balaban J connectivity index is 1.34. The van der Waals surface area contributed by atoms with Gasteiger partial charge in [0.2, 0.25) is 0 Å². The van der Waals surface area contributed by atoms with Crippen LogP contribution < -0.4 is 10.5 Å². The van der Waals surface area contributed by atoms with Gasteiger partial charge in [0, 0.05) is 11.6 Å². The molecular formula is C26H20F2N4O4. The molecule has 0 atom stereocenters. The highest BCUT2D eigenvalue weighted by Gasteiger charge is 2.36. The van der Waals surface area contributed by atoms with Crippen LogP contribution in [0.25, 0.3) is 33.5 Å². The lowest BCUT2D eigenvalue weighted by atomic mass is 9.75. The van der Waals surface area contributed by atoms with Crippen LogP contribution in [-0.2, 0) is 5.60 Å². The number of rotatable bonds is 5. The monoisotopic (exact) mass is 490 g/mol. The lowest BCUT2D eigenvalue weighted by Crippen LogP contribution is -2.33. The lowest BCUT2D eigenvalue weighted by molar-refractivity contribution is -0.0387. The molecule has 0 radical (unpaired) electrons. The number of benzene rings is 3. The number of aliphatic hydroxyl groups is 1. The van der Waals surface area contributed by atoms with E-state index in [4.69, 9.17) is 4.74 Å². The van der Waals surface area contributed by atoms with E-state index in [-0.39, 0.29) is 28.4 Å². The van der Waals surface area contributed by atoms with E-state index < -0.39 is 23.0 Å². The van der Waals surface area contributed by atoms with Gasteiger partial charge in [0.1, 0.15) is 17.1 Å². The van der Waals surface area contributed by atoms with E-state index >= 15 is 4.39 Å². The Hall–Kier alpha value is -4.31. The maximum atomic E-state index is 15.5. The summed E-state index contributed by atoms with van der Waals surface area (Å²) in [6.07, 6.45) is 2.30. The highest BCUT2D eigenvalue weighted by Crippen LogP contribution is 2.42. The van der Waals surface area contributed by atoms with Gasteiger partial charge in [-0.2, -0.15) is 4.98 Å². The number of halogens is 2. The zero-order valence-electron chi connectivity index (χ0n) is 19.1. The molecule has 3 N–H and O–H groups in total. The van der Waals surface area contributed by atoms with E-state index in [1.54, 1.807) is 49.4 Å². The van der Waals surface area contributed by atoms with Crippen LogP contribution in [0.4, 0.5) is 8.78 Å². The first kappa shape index (κ1) is 22.2. The van der Waals surface area contributed by atoms with E-state index in [0.717, 1.165) is 17.5 Å². The van der Waals surface area contributed by atoms with E-state index in [9.17, 15) is 14.3 Å². The molecule has 36 heavy (non-hydrogen) atoms. The molecule has 8 nitrogen and oxygen atoms in total. The van der Waals surface area contributed by atoms with E-state index in [2.05, 4.69) is 24.6 Å². The summed E-state index contributed by atoms with van der Waals surface area (Å²) in [4.78, 5) is 20.7. The number of hydrogen-bond donors (Lipinski definition) is 3. The van der Waals surface area contributed by atoms with Gasteiger partial charge < -0.3 is 14.8 Å². The summed E-state index contributed by atoms with van der Waals surface area (Å²) in [5.74, 6) is -1.66. The van der Waals surface area contributed by atoms with Gasteiger partial charge in [0.05, 0.1) is 16.7 Å². The first-order valence-corrected chi connectivity index (χ1v) is 11.4. The maximum absolute atomic E-state index is 15.5. The van der Waals surface area contributed by atoms with Crippen molar-refractivity contribution in [3.05, 3.63) is 81.8 Å². The summed E-state index contributed by atoms with van der Waals surface area (Å²) in [5.41, 5.74) is 1.36. The van der Waals surface area contributed by atoms with Crippen LogP contribution in [0.15, 0.2) is 57.8 Å². The number of imidazole rings is 1. The number of hydrogen-bond acceptors (Lipinski definition) is 6. The number of aromatic nitrogens is 4. The number of ether oxygens (including phenoxy) is 1. The first-order valence-electron chi connectivity index (χ1n) is 11.4.